The molecule has 3 heteroatoms. The van der Waals surface area contributed by atoms with Gasteiger partial charge in [0.25, 0.3) is 0 Å². The zero-order valence-corrected chi connectivity index (χ0v) is 6.99. The van der Waals surface area contributed by atoms with Crippen LogP contribution in [0.1, 0.15) is 12.8 Å². The number of carboxylic acids is 1. The molecule has 0 aliphatic carbocycles. The first-order valence-corrected chi connectivity index (χ1v) is 4.41. The average Bonchev–Trinajstić information content (AvgIpc) is 2.05. The van der Waals surface area contributed by atoms with E-state index in [1.54, 1.807) is 0 Å². The van der Waals surface area contributed by atoms with Gasteiger partial charge < -0.3 is 5.11 Å². The van der Waals surface area contributed by atoms with Gasteiger partial charge in [-0.1, -0.05) is 0 Å². The summed E-state index contributed by atoms with van der Waals surface area (Å²) in [7, 11) is 0. The number of hydrogen-bond acceptors (Lipinski definition) is 2. The third kappa shape index (κ3) is 1.37. The number of nitrogens with zero attached hydrogens (tertiary/aromatic N) is 1. The van der Waals surface area contributed by atoms with Gasteiger partial charge in [0.2, 0.25) is 0 Å². The SMILES string of the molecule is O=C(O)/C=C1\CN2CCC1CC2. The largest absolute Gasteiger partial charge is 0.478 e. The van der Waals surface area contributed by atoms with Gasteiger partial charge in [0, 0.05) is 12.6 Å². The predicted molar refractivity (Wildman–Crippen MR) is 44.9 cm³/mol. The van der Waals surface area contributed by atoms with E-state index in [0.29, 0.717) is 5.92 Å². The van der Waals surface area contributed by atoms with Gasteiger partial charge in [-0.25, -0.2) is 4.79 Å². The minimum absolute atomic E-state index is 0.561. The Balaban J connectivity index is 2.13. The summed E-state index contributed by atoms with van der Waals surface area (Å²) in [6, 6.07) is 0. The Labute approximate surface area is 71.7 Å². The van der Waals surface area contributed by atoms with Gasteiger partial charge in [0.05, 0.1) is 0 Å². The van der Waals surface area contributed by atoms with E-state index in [0.717, 1.165) is 38.0 Å². The second kappa shape index (κ2) is 2.90. The fourth-order valence-electron chi connectivity index (χ4n) is 2.17. The lowest BCUT2D eigenvalue weighted by Gasteiger charge is -2.40. The van der Waals surface area contributed by atoms with E-state index in [9.17, 15) is 4.79 Å². The Bertz CT molecular complexity index is 227. The number of aliphatic carboxylic acids is 1. The maximum Gasteiger partial charge on any atom is 0.328 e. The number of piperidine rings is 3. The number of fused-ring (bicyclic) bond motifs is 3. The van der Waals surface area contributed by atoms with Crippen LogP contribution in [0.4, 0.5) is 0 Å². The van der Waals surface area contributed by atoms with Crippen LogP contribution >= 0.6 is 0 Å². The third-order valence-corrected chi connectivity index (χ3v) is 2.83. The number of hydrogen-bond donors (Lipinski definition) is 1. The van der Waals surface area contributed by atoms with Crippen LogP contribution in [-0.4, -0.2) is 35.6 Å². The van der Waals surface area contributed by atoms with E-state index in [2.05, 4.69) is 4.90 Å². The van der Waals surface area contributed by atoms with E-state index in [-0.39, 0.29) is 0 Å². The molecule has 12 heavy (non-hydrogen) atoms. The molecule has 66 valence electrons. The number of carbonyl (C=O) groups is 1. The van der Waals surface area contributed by atoms with E-state index in [1.165, 1.54) is 6.08 Å². The van der Waals surface area contributed by atoms with Crippen LogP contribution in [-0.2, 0) is 4.79 Å². The van der Waals surface area contributed by atoms with Crippen molar-refractivity contribution in [1.82, 2.24) is 4.90 Å². The van der Waals surface area contributed by atoms with Crippen molar-refractivity contribution in [2.75, 3.05) is 19.6 Å². The molecule has 1 N–H and O–H groups in total. The summed E-state index contributed by atoms with van der Waals surface area (Å²) >= 11 is 0. The molecular formula is C9H13NO2. The van der Waals surface area contributed by atoms with Crippen molar-refractivity contribution in [3.63, 3.8) is 0 Å². The lowest BCUT2D eigenvalue weighted by Crippen LogP contribution is -2.43. The Morgan fingerprint density at radius 2 is 2.17 bits per heavy atom. The molecule has 3 aliphatic heterocycles. The first-order chi connectivity index (χ1) is 5.75. The van der Waals surface area contributed by atoms with Crippen molar-refractivity contribution < 1.29 is 9.90 Å². The molecule has 3 aliphatic rings. The summed E-state index contributed by atoms with van der Waals surface area (Å²) in [4.78, 5) is 12.8. The first kappa shape index (κ1) is 7.80. The maximum atomic E-state index is 10.4. The van der Waals surface area contributed by atoms with Crippen LogP contribution in [0.15, 0.2) is 11.6 Å². The van der Waals surface area contributed by atoms with Gasteiger partial charge in [-0.15, -0.1) is 0 Å². The standard InChI is InChI=1S/C9H13NO2/c11-9(12)5-8-6-10-3-1-7(8)2-4-10/h5,7H,1-4,6H2,(H,11,12)/b8-5+. The van der Waals surface area contributed by atoms with Crippen molar-refractivity contribution in [1.29, 1.82) is 0 Å². The van der Waals surface area contributed by atoms with Crippen LogP contribution in [0.2, 0.25) is 0 Å². The molecule has 2 bridgehead atoms. The molecule has 3 heterocycles. The van der Waals surface area contributed by atoms with Gasteiger partial charge in [0.1, 0.15) is 0 Å². The molecule has 0 spiro atoms. The highest BCUT2D eigenvalue weighted by molar-refractivity contribution is 5.80. The molecule has 0 aromatic heterocycles. The average molecular weight is 167 g/mol. The summed E-state index contributed by atoms with van der Waals surface area (Å²) in [5.41, 5.74) is 1.12. The Hall–Kier alpha value is -0.830. The third-order valence-electron chi connectivity index (χ3n) is 2.83. The Morgan fingerprint density at radius 1 is 1.50 bits per heavy atom. The highest BCUT2D eigenvalue weighted by Crippen LogP contribution is 2.31. The zero-order chi connectivity index (χ0) is 8.55. The van der Waals surface area contributed by atoms with Crippen LogP contribution in [0, 0.1) is 5.92 Å². The van der Waals surface area contributed by atoms with Crippen molar-refractivity contribution in [3.05, 3.63) is 11.6 Å². The molecule has 0 aromatic carbocycles. The summed E-state index contributed by atoms with van der Waals surface area (Å²) in [5, 5.41) is 8.60. The molecular weight excluding hydrogens is 154 g/mol. The topological polar surface area (TPSA) is 40.5 Å². The van der Waals surface area contributed by atoms with Gasteiger partial charge >= 0.3 is 5.97 Å². The minimum Gasteiger partial charge on any atom is -0.478 e. The highest BCUT2D eigenvalue weighted by Gasteiger charge is 2.29. The lowest BCUT2D eigenvalue weighted by molar-refractivity contribution is -0.131. The Morgan fingerprint density at radius 3 is 2.58 bits per heavy atom. The maximum absolute atomic E-state index is 10.4. The minimum atomic E-state index is -0.793. The van der Waals surface area contributed by atoms with Gasteiger partial charge in [-0.3, -0.25) is 4.90 Å². The summed E-state index contributed by atoms with van der Waals surface area (Å²) in [6.45, 7) is 3.19. The molecule has 3 nitrogen and oxygen atoms in total. The van der Waals surface area contributed by atoms with Crippen LogP contribution in [0.25, 0.3) is 0 Å². The highest BCUT2D eigenvalue weighted by atomic mass is 16.4. The van der Waals surface area contributed by atoms with E-state index in [4.69, 9.17) is 5.11 Å². The fourth-order valence-corrected chi connectivity index (χ4v) is 2.17. The smallest absolute Gasteiger partial charge is 0.328 e. The molecule has 0 atom stereocenters. The quantitative estimate of drug-likeness (QED) is 0.585. The molecule has 0 unspecified atom stereocenters. The predicted octanol–water partition coefficient (Wildman–Crippen LogP) is 0.723. The second-order valence-corrected chi connectivity index (χ2v) is 3.61. The lowest BCUT2D eigenvalue weighted by atomic mass is 9.84. The summed E-state index contributed by atoms with van der Waals surface area (Å²) < 4.78 is 0. The molecule has 3 rings (SSSR count). The summed E-state index contributed by atoms with van der Waals surface area (Å²) in [6.07, 6.45) is 3.70. The van der Waals surface area contributed by atoms with Crippen molar-refractivity contribution in [3.8, 4) is 0 Å². The van der Waals surface area contributed by atoms with E-state index in [1.807, 2.05) is 0 Å². The van der Waals surface area contributed by atoms with Crippen molar-refractivity contribution in [2.24, 2.45) is 5.92 Å². The Kier molecular flexibility index (Phi) is 1.89. The summed E-state index contributed by atoms with van der Waals surface area (Å²) in [5.74, 6) is -0.232. The molecule has 0 radical (unpaired) electrons. The van der Waals surface area contributed by atoms with E-state index >= 15 is 0 Å². The van der Waals surface area contributed by atoms with Crippen molar-refractivity contribution >= 4 is 5.97 Å². The van der Waals surface area contributed by atoms with E-state index < -0.39 is 5.97 Å². The fraction of sp³-hybridized carbons (Fsp3) is 0.667. The molecule has 0 amide bonds. The second-order valence-electron chi connectivity index (χ2n) is 3.61. The monoisotopic (exact) mass is 167 g/mol. The molecule has 0 aromatic rings. The van der Waals surface area contributed by atoms with Crippen LogP contribution in [0.5, 0.6) is 0 Å². The first-order valence-electron chi connectivity index (χ1n) is 4.41. The molecule has 3 saturated heterocycles. The molecule has 0 saturated carbocycles. The zero-order valence-electron chi connectivity index (χ0n) is 6.99. The van der Waals surface area contributed by atoms with Gasteiger partial charge in [-0.05, 0) is 37.4 Å². The van der Waals surface area contributed by atoms with Gasteiger partial charge in [0.15, 0.2) is 0 Å². The van der Waals surface area contributed by atoms with Gasteiger partial charge in [-0.2, -0.15) is 0 Å². The number of rotatable bonds is 1. The number of carboxylic acid groups (broad SMARTS) is 1. The van der Waals surface area contributed by atoms with Crippen LogP contribution in [0.3, 0.4) is 0 Å². The normalized spacial score (nSPS) is 37.2. The van der Waals surface area contributed by atoms with Crippen LogP contribution < -0.4 is 0 Å². The molecule has 3 fully saturated rings. The van der Waals surface area contributed by atoms with Crippen molar-refractivity contribution in [2.45, 2.75) is 12.8 Å².